The number of nitrogens with one attached hydrogen (secondary N) is 2. The van der Waals surface area contributed by atoms with Crippen LogP contribution in [0.5, 0.6) is 0 Å². The Morgan fingerprint density at radius 2 is 1.07 bits per heavy atom. The van der Waals surface area contributed by atoms with Crippen LogP contribution in [0.2, 0.25) is 0 Å². The number of hydrogen-bond acceptors (Lipinski definition) is 8. The fourth-order valence-electron chi connectivity index (χ4n) is 2.09. The van der Waals surface area contributed by atoms with Crippen LogP contribution in [-0.4, -0.2) is 50.8 Å². The third kappa shape index (κ3) is 7.65. The van der Waals surface area contributed by atoms with Gasteiger partial charge in [-0.25, -0.2) is 9.97 Å². The third-order valence-electron chi connectivity index (χ3n) is 3.12. The Morgan fingerprint density at radius 1 is 0.643 bits per heavy atom. The first kappa shape index (κ1) is 24.8. The molecule has 0 saturated carbocycles. The molecular weight excluding hydrogens is 514 g/mol. The van der Waals surface area contributed by atoms with E-state index in [1.165, 1.54) is 0 Å². The van der Waals surface area contributed by atoms with Crippen LogP contribution >= 0.6 is 0 Å². The van der Waals surface area contributed by atoms with Crippen LogP contribution in [0.3, 0.4) is 0 Å². The molecule has 4 rings (SSSR count). The van der Waals surface area contributed by atoms with E-state index in [-0.39, 0.29) is 65.4 Å². The summed E-state index contributed by atoms with van der Waals surface area (Å²) in [6.07, 6.45) is 1.07. The molecule has 4 heterocycles. The monoisotopic (exact) mass is 532 g/mol. The zero-order chi connectivity index (χ0) is 18.5. The zero-order valence-electron chi connectivity index (χ0n) is 16.0. The largest absolute Gasteiger partial charge is 0.367 e. The van der Waals surface area contributed by atoms with E-state index < -0.39 is 0 Å². The standard InChI is InChI=1S/C7H10N6.C7H8N6.2Y/c2*1-4-8-6(12-10-4)3-7-9-5(2)11-13-7;;/h3H2,1-2H3,(H,8,10,12)(H,9,11,13);3H2,1-2H3;;/q;-2;;. The van der Waals surface area contributed by atoms with E-state index in [0.29, 0.717) is 36.1 Å². The number of nitrogens with zero attached hydrogens (tertiary/aromatic N) is 10. The van der Waals surface area contributed by atoms with Crippen LogP contribution in [0.15, 0.2) is 0 Å². The van der Waals surface area contributed by atoms with E-state index in [0.717, 1.165) is 23.3 Å². The number of hydrogen-bond donors (Lipinski definition) is 2. The van der Waals surface area contributed by atoms with Gasteiger partial charge in [-0.2, -0.15) is 10.2 Å². The zero-order valence-corrected chi connectivity index (χ0v) is 21.7. The maximum absolute atomic E-state index is 4.15. The Hall–Kier alpha value is -1.23. The molecule has 2 N–H and O–H groups in total. The maximum atomic E-state index is 4.15. The molecule has 0 aromatic carbocycles. The van der Waals surface area contributed by atoms with Crippen LogP contribution in [0.4, 0.5) is 0 Å². The van der Waals surface area contributed by atoms with Gasteiger partial charge in [0.1, 0.15) is 11.6 Å². The molecule has 0 unspecified atom stereocenters. The van der Waals surface area contributed by atoms with Gasteiger partial charge in [0.15, 0.2) is 11.6 Å². The van der Waals surface area contributed by atoms with Gasteiger partial charge in [-0.1, -0.05) is 0 Å². The molecule has 4 aromatic rings. The van der Waals surface area contributed by atoms with Crippen molar-refractivity contribution in [1.82, 2.24) is 60.7 Å². The Bertz CT molecular complexity index is 813. The molecular formula is C14H18N12Y2-2. The fraction of sp³-hybridized carbons (Fsp3) is 0.429. The minimum atomic E-state index is 0. The van der Waals surface area contributed by atoms with Crippen LogP contribution in [0, 0.1) is 27.7 Å². The van der Waals surface area contributed by atoms with E-state index in [1.807, 2.05) is 13.8 Å². The summed E-state index contributed by atoms with van der Waals surface area (Å²) in [6, 6.07) is 0. The van der Waals surface area contributed by atoms with Crippen LogP contribution in [0.1, 0.15) is 46.6 Å². The van der Waals surface area contributed by atoms with Crippen molar-refractivity contribution in [2.45, 2.75) is 40.5 Å². The van der Waals surface area contributed by atoms with Gasteiger partial charge in [0.2, 0.25) is 0 Å². The molecule has 0 aliphatic heterocycles. The number of aromatic amines is 2. The average Bonchev–Trinajstić information content (AvgIpc) is 3.35. The first-order chi connectivity index (χ1) is 12.5. The normalized spacial score (nSPS) is 9.86. The molecule has 0 aliphatic carbocycles. The topological polar surface area (TPSA) is 163 Å². The van der Waals surface area contributed by atoms with Crippen LogP contribution in [-0.2, 0) is 78.3 Å². The van der Waals surface area contributed by atoms with Crippen LogP contribution < -0.4 is 9.97 Å². The van der Waals surface area contributed by atoms with Crippen molar-refractivity contribution in [3.8, 4) is 0 Å². The summed E-state index contributed by atoms with van der Waals surface area (Å²) in [4.78, 5) is 16.5. The maximum Gasteiger partial charge on any atom is 0.158 e. The Kier molecular flexibility index (Phi) is 10.4. The minimum Gasteiger partial charge on any atom is -0.367 e. The molecule has 4 aromatic heterocycles. The summed E-state index contributed by atoms with van der Waals surface area (Å²) in [5.41, 5.74) is 0. The SMILES string of the molecule is Cc1nc(Cc2n[nH]c(C)n2)n[nH]1.Cc1nnc(Cc2nnc(C)[n-]2)[n-]1.[Y].[Y]. The van der Waals surface area contributed by atoms with Crippen molar-refractivity contribution in [2.24, 2.45) is 0 Å². The molecule has 2 radical (unpaired) electrons. The van der Waals surface area contributed by atoms with Gasteiger partial charge in [-0.05, 0) is 51.0 Å². The predicted octanol–water partition coefficient (Wildman–Crippen LogP) is -0.486. The number of H-pyrrole nitrogens is 2. The van der Waals surface area contributed by atoms with Gasteiger partial charge in [0.25, 0.3) is 0 Å². The summed E-state index contributed by atoms with van der Waals surface area (Å²) in [5, 5.41) is 28.8. The van der Waals surface area contributed by atoms with Gasteiger partial charge in [-0.15, -0.1) is 0 Å². The summed E-state index contributed by atoms with van der Waals surface area (Å²) in [6.45, 7) is 7.32. The summed E-state index contributed by atoms with van der Waals surface area (Å²) in [5.74, 6) is 5.68. The second-order valence-corrected chi connectivity index (χ2v) is 5.58. The van der Waals surface area contributed by atoms with Gasteiger partial charge < -0.3 is 30.4 Å². The molecule has 0 bridgehead atoms. The van der Waals surface area contributed by atoms with Crippen molar-refractivity contribution >= 4 is 0 Å². The quantitative estimate of drug-likeness (QED) is 0.351. The molecule has 0 aliphatic rings. The van der Waals surface area contributed by atoms with Crippen molar-refractivity contribution < 1.29 is 65.4 Å². The molecule has 0 atom stereocenters. The van der Waals surface area contributed by atoms with E-state index in [1.54, 1.807) is 13.8 Å². The number of aromatic nitrogens is 12. The van der Waals surface area contributed by atoms with E-state index in [9.17, 15) is 0 Å². The Morgan fingerprint density at radius 3 is 1.36 bits per heavy atom. The first-order valence-corrected chi connectivity index (χ1v) is 7.89. The molecule has 12 nitrogen and oxygen atoms in total. The van der Waals surface area contributed by atoms with E-state index >= 15 is 0 Å². The average molecular weight is 532 g/mol. The number of aryl methyl sites for hydroxylation is 4. The van der Waals surface area contributed by atoms with Crippen LogP contribution in [0.25, 0.3) is 0 Å². The summed E-state index contributed by atoms with van der Waals surface area (Å²) < 4.78 is 0. The molecule has 142 valence electrons. The van der Waals surface area contributed by atoms with Gasteiger partial charge >= 0.3 is 0 Å². The smallest absolute Gasteiger partial charge is 0.158 e. The van der Waals surface area contributed by atoms with Crippen molar-refractivity contribution in [1.29, 1.82) is 0 Å². The van der Waals surface area contributed by atoms with E-state index in [2.05, 4.69) is 60.7 Å². The van der Waals surface area contributed by atoms with Crippen molar-refractivity contribution in [2.75, 3.05) is 0 Å². The molecule has 0 amide bonds. The Balaban J connectivity index is 0.000000261. The molecule has 0 spiro atoms. The molecule has 0 fully saturated rings. The van der Waals surface area contributed by atoms with Gasteiger partial charge in [0, 0.05) is 71.8 Å². The van der Waals surface area contributed by atoms with Crippen molar-refractivity contribution in [3.63, 3.8) is 0 Å². The first-order valence-electron chi connectivity index (χ1n) is 7.89. The second-order valence-electron chi connectivity index (χ2n) is 5.58. The molecule has 28 heavy (non-hydrogen) atoms. The Labute approximate surface area is 211 Å². The predicted molar refractivity (Wildman–Crippen MR) is 88.0 cm³/mol. The molecule has 0 saturated heterocycles. The third-order valence-corrected chi connectivity index (χ3v) is 3.12. The van der Waals surface area contributed by atoms with Gasteiger partial charge in [-0.3, -0.25) is 10.2 Å². The number of rotatable bonds is 4. The second kappa shape index (κ2) is 11.7. The summed E-state index contributed by atoms with van der Waals surface area (Å²) in [7, 11) is 0. The molecule has 14 heteroatoms. The van der Waals surface area contributed by atoms with E-state index in [4.69, 9.17) is 0 Å². The van der Waals surface area contributed by atoms with Gasteiger partial charge in [0.05, 0.1) is 6.42 Å². The minimum absolute atomic E-state index is 0. The summed E-state index contributed by atoms with van der Waals surface area (Å²) >= 11 is 0. The van der Waals surface area contributed by atoms with Crippen molar-refractivity contribution in [3.05, 3.63) is 46.6 Å². The fourth-order valence-corrected chi connectivity index (χ4v) is 2.09.